The van der Waals surface area contributed by atoms with Crippen LogP contribution in [0.1, 0.15) is 5.69 Å². The zero-order valence-electron chi connectivity index (χ0n) is 17.1. The Labute approximate surface area is 179 Å². The zero-order chi connectivity index (χ0) is 22.2. The lowest BCUT2D eigenvalue weighted by atomic mass is 10.2. The van der Waals surface area contributed by atoms with Crippen molar-refractivity contribution < 1.29 is 13.2 Å². The number of hydrogen-bond donors (Lipinski definition) is 3. The summed E-state index contributed by atoms with van der Waals surface area (Å²) in [5.41, 5.74) is 3.18. The number of methoxy groups -OCH3 is 1. The third-order valence-corrected chi connectivity index (χ3v) is 5.62. The summed E-state index contributed by atoms with van der Waals surface area (Å²) < 4.78 is 30.5. The maximum atomic E-state index is 11.7. The van der Waals surface area contributed by atoms with Gasteiger partial charge in [-0.1, -0.05) is 0 Å². The van der Waals surface area contributed by atoms with Crippen LogP contribution in [-0.2, 0) is 17.1 Å². The van der Waals surface area contributed by atoms with Gasteiger partial charge in [-0.2, -0.15) is 10.1 Å². The number of ether oxygens (including phenoxy) is 1. The first-order chi connectivity index (χ1) is 14.7. The van der Waals surface area contributed by atoms with Gasteiger partial charge < -0.3 is 15.4 Å². The van der Waals surface area contributed by atoms with E-state index in [0.29, 0.717) is 17.3 Å². The Bertz CT molecular complexity index is 1380. The highest BCUT2D eigenvalue weighted by Crippen LogP contribution is 2.29. The largest absolute Gasteiger partial charge is 0.495 e. The predicted octanol–water partition coefficient (Wildman–Crippen LogP) is 2.81. The van der Waals surface area contributed by atoms with Gasteiger partial charge in [0.15, 0.2) is 0 Å². The third-order valence-electron chi connectivity index (χ3n) is 4.71. The molecule has 0 radical (unpaired) electrons. The molecule has 0 aliphatic carbocycles. The molecule has 0 aliphatic rings. The van der Waals surface area contributed by atoms with Crippen molar-refractivity contribution in [2.45, 2.75) is 11.8 Å². The first-order valence-corrected chi connectivity index (χ1v) is 10.8. The van der Waals surface area contributed by atoms with Gasteiger partial charge in [-0.05, 0) is 49.4 Å². The Balaban J connectivity index is 1.61. The smallest absolute Gasteiger partial charge is 0.238 e. The lowest BCUT2D eigenvalue weighted by Crippen LogP contribution is -2.12. The standard InChI is InChI=1S/C20H21N7O3S/c1-12-15-6-4-13(10-17(15)27(2)26-12)23-19-8-9-22-20(25-19)24-16-11-14(31(21,28)29)5-7-18(16)30-3/h4-11H,1-3H3,(H2,21,28,29)(H2,22,23,24,25). The molecule has 4 N–H and O–H groups in total. The maximum absolute atomic E-state index is 11.7. The quantitative estimate of drug-likeness (QED) is 0.417. The summed E-state index contributed by atoms with van der Waals surface area (Å²) >= 11 is 0. The topological polar surface area (TPSA) is 137 Å². The van der Waals surface area contributed by atoms with Gasteiger partial charge in [0, 0.05) is 24.3 Å². The average Bonchev–Trinajstić information content (AvgIpc) is 3.01. The van der Waals surface area contributed by atoms with Gasteiger partial charge in [-0.3, -0.25) is 4.68 Å². The Hall–Kier alpha value is -3.70. The number of sulfonamides is 1. The summed E-state index contributed by atoms with van der Waals surface area (Å²) in [5, 5.41) is 17.0. The van der Waals surface area contributed by atoms with Crippen molar-refractivity contribution in [3.63, 3.8) is 0 Å². The Morgan fingerprint density at radius 1 is 1.10 bits per heavy atom. The van der Waals surface area contributed by atoms with E-state index in [-0.39, 0.29) is 10.8 Å². The highest BCUT2D eigenvalue weighted by Gasteiger charge is 2.13. The highest BCUT2D eigenvalue weighted by atomic mass is 32.2. The van der Waals surface area contributed by atoms with Gasteiger partial charge in [-0.15, -0.1) is 0 Å². The molecule has 0 bridgehead atoms. The molecule has 4 aromatic rings. The Morgan fingerprint density at radius 3 is 2.65 bits per heavy atom. The lowest BCUT2D eigenvalue weighted by Gasteiger charge is -2.12. The summed E-state index contributed by atoms with van der Waals surface area (Å²) in [6.45, 7) is 1.97. The minimum absolute atomic E-state index is 0.0511. The van der Waals surface area contributed by atoms with E-state index in [1.165, 1.54) is 25.3 Å². The fraction of sp³-hybridized carbons (Fsp3) is 0.150. The molecule has 10 nitrogen and oxygen atoms in total. The molecule has 0 unspecified atom stereocenters. The molecule has 0 saturated carbocycles. The number of fused-ring (bicyclic) bond motifs is 1. The first kappa shape index (κ1) is 20.6. The lowest BCUT2D eigenvalue weighted by molar-refractivity contribution is 0.416. The van der Waals surface area contributed by atoms with E-state index in [1.807, 2.05) is 36.9 Å². The summed E-state index contributed by atoms with van der Waals surface area (Å²) in [6, 6.07) is 11.9. The van der Waals surface area contributed by atoms with Crippen LogP contribution in [0.4, 0.5) is 23.1 Å². The van der Waals surface area contributed by atoms with Crippen LogP contribution in [0.25, 0.3) is 10.9 Å². The molecule has 0 fully saturated rings. The summed E-state index contributed by atoms with van der Waals surface area (Å²) in [5.74, 6) is 1.23. The zero-order valence-corrected chi connectivity index (χ0v) is 17.9. The number of primary sulfonamides is 1. The van der Waals surface area contributed by atoms with E-state index in [4.69, 9.17) is 9.88 Å². The summed E-state index contributed by atoms with van der Waals surface area (Å²) in [6.07, 6.45) is 1.58. The predicted molar refractivity (Wildman–Crippen MR) is 118 cm³/mol. The second kappa shape index (κ2) is 7.85. The average molecular weight is 440 g/mol. The van der Waals surface area contributed by atoms with Crippen molar-refractivity contribution in [2.24, 2.45) is 12.2 Å². The molecular weight excluding hydrogens is 418 g/mol. The van der Waals surface area contributed by atoms with Gasteiger partial charge in [0.1, 0.15) is 11.6 Å². The SMILES string of the molecule is COc1ccc(S(N)(=O)=O)cc1Nc1nccc(Nc2ccc3c(C)nn(C)c3c2)n1. The molecule has 2 aromatic heterocycles. The third kappa shape index (κ3) is 4.27. The molecule has 4 rings (SSSR count). The van der Waals surface area contributed by atoms with Crippen LogP contribution in [0.3, 0.4) is 0 Å². The first-order valence-electron chi connectivity index (χ1n) is 9.26. The summed E-state index contributed by atoms with van der Waals surface area (Å²) in [4.78, 5) is 8.59. The van der Waals surface area contributed by atoms with Crippen molar-refractivity contribution in [3.05, 3.63) is 54.4 Å². The van der Waals surface area contributed by atoms with E-state index in [1.54, 1.807) is 12.3 Å². The van der Waals surface area contributed by atoms with Crippen LogP contribution in [-0.4, -0.2) is 35.3 Å². The van der Waals surface area contributed by atoms with Crippen LogP contribution < -0.4 is 20.5 Å². The van der Waals surface area contributed by atoms with Crippen molar-refractivity contribution in [1.82, 2.24) is 19.7 Å². The van der Waals surface area contributed by atoms with Gasteiger partial charge in [0.2, 0.25) is 16.0 Å². The van der Waals surface area contributed by atoms with E-state index < -0.39 is 10.0 Å². The van der Waals surface area contributed by atoms with Gasteiger partial charge in [0.05, 0.1) is 28.9 Å². The van der Waals surface area contributed by atoms with Crippen LogP contribution in [0, 0.1) is 6.92 Å². The van der Waals surface area contributed by atoms with E-state index in [0.717, 1.165) is 22.3 Å². The Kier molecular flexibility index (Phi) is 5.21. The van der Waals surface area contributed by atoms with Gasteiger partial charge in [-0.25, -0.2) is 18.5 Å². The normalized spacial score (nSPS) is 11.5. The number of nitrogens with one attached hydrogen (secondary N) is 2. The highest BCUT2D eigenvalue weighted by molar-refractivity contribution is 7.89. The number of rotatable bonds is 6. The number of nitrogens with zero attached hydrogens (tertiary/aromatic N) is 4. The molecular formula is C20H21N7O3S. The molecule has 0 amide bonds. The molecule has 0 spiro atoms. The maximum Gasteiger partial charge on any atom is 0.238 e. The van der Waals surface area contributed by atoms with Crippen LogP contribution in [0.15, 0.2) is 53.6 Å². The molecule has 0 atom stereocenters. The number of nitrogens with two attached hydrogens (primary N) is 1. The van der Waals surface area contributed by atoms with Crippen molar-refractivity contribution in [2.75, 3.05) is 17.7 Å². The number of hydrogen-bond acceptors (Lipinski definition) is 8. The molecule has 0 aliphatic heterocycles. The molecule has 11 heteroatoms. The summed E-state index contributed by atoms with van der Waals surface area (Å²) in [7, 11) is -0.491. The van der Waals surface area contributed by atoms with E-state index in [2.05, 4.69) is 25.7 Å². The number of aryl methyl sites for hydroxylation is 2. The van der Waals surface area contributed by atoms with Gasteiger partial charge >= 0.3 is 0 Å². The minimum atomic E-state index is -3.87. The van der Waals surface area contributed by atoms with Crippen molar-refractivity contribution in [3.8, 4) is 5.75 Å². The van der Waals surface area contributed by atoms with Crippen LogP contribution in [0.2, 0.25) is 0 Å². The van der Waals surface area contributed by atoms with E-state index >= 15 is 0 Å². The number of aromatic nitrogens is 4. The number of anilines is 4. The fourth-order valence-electron chi connectivity index (χ4n) is 3.23. The van der Waals surface area contributed by atoms with Gasteiger partial charge in [0.25, 0.3) is 0 Å². The van der Waals surface area contributed by atoms with E-state index in [9.17, 15) is 8.42 Å². The molecule has 2 heterocycles. The second-order valence-corrected chi connectivity index (χ2v) is 8.42. The Morgan fingerprint density at radius 2 is 1.90 bits per heavy atom. The number of benzene rings is 2. The molecule has 31 heavy (non-hydrogen) atoms. The molecule has 0 saturated heterocycles. The molecule has 2 aromatic carbocycles. The van der Waals surface area contributed by atoms with Crippen LogP contribution >= 0.6 is 0 Å². The molecule has 160 valence electrons. The monoisotopic (exact) mass is 439 g/mol. The van der Waals surface area contributed by atoms with Crippen molar-refractivity contribution in [1.29, 1.82) is 0 Å². The minimum Gasteiger partial charge on any atom is -0.495 e. The second-order valence-electron chi connectivity index (χ2n) is 6.86. The fourth-order valence-corrected chi connectivity index (χ4v) is 3.77. The van der Waals surface area contributed by atoms with Crippen LogP contribution in [0.5, 0.6) is 5.75 Å². The van der Waals surface area contributed by atoms with Crippen molar-refractivity contribution >= 4 is 44.1 Å².